The standard InChI is InChI=1S/C15H21F2N3O2S/c16-15(17,14(22)5-4-6-14)12(21)19-13-18-11(10-23-13)9-20-7-2-1-3-8-20/h10,22H,1-9H2,(H,18,19,21). The third-order valence-corrected chi connectivity index (χ3v) is 5.46. The van der Waals surface area contributed by atoms with Gasteiger partial charge < -0.3 is 5.11 Å². The lowest BCUT2D eigenvalue weighted by Crippen LogP contribution is -2.59. The van der Waals surface area contributed by atoms with Crippen LogP contribution in [0.25, 0.3) is 0 Å². The molecule has 1 saturated heterocycles. The van der Waals surface area contributed by atoms with E-state index in [1.165, 1.54) is 19.3 Å². The van der Waals surface area contributed by atoms with Crippen LogP contribution >= 0.6 is 11.3 Å². The third-order valence-electron chi connectivity index (χ3n) is 4.66. The lowest BCUT2D eigenvalue weighted by molar-refractivity contribution is -0.212. The third kappa shape index (κ3) is 3.39. The molecule has 2 N–H and O–H groups in total. The Morgan fingerprint density at radius 2 is 2.04 bits per heavy atom. The van der Waals surface area contributed by atoms with Crippen LogP contribution in [0.4, 0.5) is 13.9 Å². The maximum atomic E-state index is 14.0. The van der Waals surface area contributed by atoms with E-state index in [0.29, 0.717) is 13.0 Å². The van der Waals surface area contributed by atoms with Gasteiger partial charge >= 0.3 is 5.92 Å². The molecule has 0 aromatic carbocycles. The molecule has 2 fully saturated rings. The zero-order valence-electron chi connectivity index (χ0n) is 12.9. The molecule has 8 heteroatoms. The second kappa shape index (κ2) is 6.41. The van der Waals surface area contributed by atoms with Gasteiger partial charge in [0.2, 0.25) is 0 Å². The Hall–Kier alpha value is -1.12. The Labute approximate surface area is 137 Å². The van der Waals surface area contributed by atoms with Crippen molar-refractivity contribution in [1.82, 2.24) is 9.88 Å². The summed E-state index contributed by atoms with van der Waals surface area (Å²) >= 11 is 1.13. The van der Waals surface area contributed by atoms with Gasteiger partial charge in [-0.15, -0.1) is 11.3 Å². The maximum Gasteiger partial charge on any atom is 0.352 e. The van der Waals surface area contributed by atoms with Crippen LogP contribution in [0.5, 0.6) is 0 Å². The first-order valence-electron chi connectivity index (χ1n) is 7.99. The van der Waals surface area contributed by atoms with E-state index in [1.54, 1.807) is 5.38 Å². The molecule has 5 nitrogen and oxygen atoms in total. The molecule has 2 heterocycles. The number of carbonyl (C=O) groups is 1. The first-order chi connectivity index (χ1) is 10.9. The lowest BCUT2D eigenvalue weighted by Gasteiger charge is -2.41. The summed E-state index contributed by atoms with van der Waals surface area (Å²) in [5.41, 5.74) is -1.43. The average molecular weight is 345 g/mol. The number of halogens is 2. The zero-order chi connectivity index (χ0) is 16.5. The Kier molecular flexibility index (Phi) is 4.66. The number of hydrogen-bond donors (Lipinski definition) is 2. The van der Waals surface area contributed by atoms with Crippen LogP contribution in [-0.2, 0) is 11.3 Å². The van der Waals surface area contributed by atoms with Crippen molar-refractivity contribution in [3.8, 4) is 0 Å². The van der Waals surface area contributed by atoms with E-state index in [4.69, 9.17) is 0 Å². The average Bonchev–Trinajstić information content (AvgIpc) is 2.92. The molecule has 128 valence electrons. The number of aliphatic hydroxyl groups is 1. The first-order valence-corrected chi connectivity index (χ1v) is 8.87. The van der Waals surface area contributed by atoms with Gasteiger partial charge in [-0.3, -0.25) is 15.0 Å². The molecule has 1 aromatic heterocycles. The molecule has 3 rings (SSSR count). The van der Waals surface area contributed by atoms with Crippen LogP contribution in [0.1, 0.15) is 44.2 Å². The maximum absolute atomic E-state index is 14.0. The summed E-state index contributed by atoms with van der Waals surface area (Å²) in [4.78, 5) is 18.3. The molecule has 0 spiro atoms. The minimum atomic E-state index is -3.79. The fourth-order valence-corrected chi connectivity index (χ4v) is 3.69. The van der Waals surface area contributed by atoms with E-state index in [0.717, 1.165) is 30.1 Å². The van der Waals surface area contributed by atoms with Crippen molar-refractivity contribution in [2.45, 2.75) is 56.6 Å². The number of aromatic nitrogens is 1. The van der Waals surface area contributed by atoms with Gasteiger partial charge in [-0.05, 0) is 45.2 Å². The van der Waals surface area contributed by atoms with Gasteiger partial charge in [0.1, 0.15) is 5.60 Å². The highest BCUT2D eigenvalue weighted by atomic mass is 32.1. The Morgan fingerprint density at radius 1 is 1.35 bits per heavy atom. The van der Waals surface area contributed by atoms with Gasteiger partial charge in [-0.25, -0.2) is 4.98 Å². The van der Waals surface area contributed by atoms with E-state index >= 15 is 0 Å². The minimum absolute atomic E-state index is 0.0501. The van der Waals surface area contributed by atoms with Gasteiger partial charge in [0.25, 0.3) is 5.91 Å². The summed E-state index contributed by atoms with van der Waals surface area (Å²) in [6.07, 6.45) is 3.98. The summed E-state index contributed by atoms with van der Waals surface area (Å²) in [7, 11) is 0. The van der Waals surface area contributed by atoms with Crippen molar-refractivity contribution < 1.29 is 18.7 Å². The minimum Gasteiger partial charge on any atom is -0.383 e. The van der Waals surface area contributed by atoms with Gasteiger partial charge in [0.05, 0.1) is 5.69 Å². The molecule has 1 aliphatic carbocycles. The number of carbonyl (C=O) groups excluding carboxylic acids is 1. The summed E-state index contributed by atoms with van der Waals surface area (Å²) in [5, 5.41) is 13.9. The van der Waals surface area contributed by atoms with Crippen LogP contribution in [-0.4, -0.2) is 45.5 Å². The quantitative estimate of drug-likeness (QED) is 0.861. The van der Waals surface area contributed by atoms with Crippen LogP contribution in [0.3, 0.4) is 0 Å². The fraction of sp³-hybridized carbons (Fsp3) is 0.733. The molecule has 2 aliphatic rings. The topological polar surface area (TPSA) is 65.5 Å². The monoisotopic (exact) mass is 345 g/mol. The molecule has 1 aliphatic heterocycles. The van der Waals surface area contributed by atoms with Crippen molar-refractivity contribution in [1.29, 1.82) is 0 Å². The highest BCUT2D eigenvalue weighted by molar-refractivity contribution is 7.13. The summed E-state index contributed by atoms with van der Waals surface area (Å²) in [6.45, 7) is 2.71. The molecular formula is C15H21F2N3O2S. The Balaban J connectivity index is 1.58. The van der Waals surface area contributed by atoms with Crippen molar-refractivity contribution >= 4 is 22.4 Å². The van der Waals surface area contributed by atoms with Crippen molar-refractivity contribution in [2.75, 3.05) is 18.4 Å². The predicted octanol–water partition coefficient (Wildman–Crippen LogP) is 2.62. The summed E-state index contributed by atoms with van der Waals surface area (Å²) in [5.74, 6) is -5.26. The second-order valence-corrected chi connectivity index (χ2v) is 7.25. The largest absolute Gasteiger partial charge is 0.383 e. The van der Waals surface area contributed by atoms with E-state index in [1.807, 2.05) is 0 Å². The number of nitrogens with one attached hydrogen (secondary N) is 1. The molecule has 0 radical (unpaired) electrons. The van der Waals surface area contributed by atoms with Crippen LogP contribution in [0.15, 0.2) is 5.38 Å². The van der Waals surface area contributed by atoms with E-state index in [9.17, 15) is 18.7 Å². The molecule has 1 aromatic rings. The molecule has 1 saturated carbocycles. The molecule has 23 heavy (non-hydrogen) atoms. The number of alkyl halides is 2. The number of likely N-dealkylation sites (tertiary alicyclic amines) is 1. The van der Waals surface area contributed by atoms with Gasteiger partial charge in [-0.2, -0.15) is 8.78 Å². The molecule has 0 atom stereocenters. The van der Waals surface area contributed by atoms with Crippen molar-refractivity contribution in [3.63, 3.8) is 0 Å². The molecule has 1 amide bonds. The predicted molar refractivity (Wildman–Crippen MR) is 83.6 cm³/mol. The SMILES string of the molecule is O=C(Nc1nc(CN2CCCCC2)cs1)C(F)(F)C1(O)CCC1. The number of hydrogen-bond acceptors (Lipinski definition) is 5. The second-order valence-electron chi connectivity index (χ2n) is 6.39. The highest BCUT2D eigenvalue weighted by Crippen LogP contribution is 2.44. The Bertz CT molecular complexity index is 569. The van der Waals surface area contributed by atoms with Crippen molar-refractivity contribution in [3.05, 3.63) is 11.1 Å². The van der Waals surface area contributed by atoms with Crippen molar-refractivity contribution in [2.24, 2.45) is 0 Å². The lowest BCUT2D eigenvalue weighted by atomic mass is 9.75. The number of amides is 1. The Morgan fingerprint density at radius 3 is 2.65 bits per heavy atom. The molecule has 0 unspecified atom stereocenters. The molecular weight excluding hydrogens is 324 g/mol. The fourth-order valence-electron chi connectivity index (χ4n) is 3.00. The molecule has 0 bridgehead atoms. The normalized spacial score (nSPS) is 21.7. The van der Waals surface area contributed by atoms with E-state index in [-0.39, 0.29) is 18.0 Å². The first kappa shape index (κ1) is 16.7. The van der Waals surface area contributed by atoms with Crippen LogP contribution < -0.4 is 5.32 Å². The number of thiazole rings is 1. The summed E-state index contributed by atoms with van der Waals surface area (Å²) in [6, 6.07) is 0. The van der Waals surface area contributed by atoms with Crippen LogP contribution in [0.2, 0.25) is 0 Å². The van der Waals surface area contributed by atoms with Gasteiger partial charge in [0.15, 0.2) is 5.13 Å². The smallest absolute Gasteiger partial charge is 0.352 e. The van der Waals surface area contributed by atoms with E-state index in [2.05, 4.69) is 15.2 Å². The van der Waals surface area contributed by atoms with E-state index < -0.39 is 17.4 Å². The van der Waals surface area contributed by atoms with Gasteiger partial charge in [0, 0.05) is 11.9 Å². The highest BCUT2D eigenvalue weighted by Gasteiger charge is 2.61. The van der Waals surface area contributed by atoms with Gasteiger partial charge in [-0.1, -0.05) is 6.42 Å². The summed E-state index contributed by atoms with van der Waals surface area (Å²) < 4.78 is 28.0. The number of anilines is 1. The zero-order valence-corrected chi connectivity index (χ0v) is 13.7. The number of piperidine rings is 1. The number of rotatable bonds is 5. The van der Waals surface area contributed by atoms with Crippen LogP contribution in [0, 0.1) is 0 Å². The number of nitrogens with zero attached hydrogens (tertiary/aromatic N) is 2.